The molecule has 0 aliphatic rings. The van der Waals surface area contributed by atoms with Crippen molar-refractivity contribution in [3.63, 3.8) is 0 Å². The fourth-order valence-electron chi connectivity index (χ4n) is 3.21. The first kappa shape index (κ1) is 17.9. The molecule has 0 saturated heterocycles. The second-order valence-electron chi connectivity index (χ2n) is 6.66. The van der Waals surface area contributed by atoms with Crippen LogP contribution in [0, 0.1) is 0 Å². The van der Waals surface area contributed by atoms with E-state index in [-0.39, 0.29) is 0 Å². The standard InChI is InChI=1S/C26H23NO/c1-4-11-21(12-5-1)19-27-26-24(23-15-8-3-9-16-23)17-10-18-25(26)28-20-22-13-6-2-7-14-22/h1-18,27H,19-20H2. The van der Waals surface area contributed by atoms with Gasteiger partial charge in [0.25, 0.3) is 0 Å². The number of para-hydroxylation sites is 1. The van der Waals surface area contributed by atoms with Crippen molar-refractivity contribution < 1.29 is 4.74 Å². The third-order valence-corrected chi connectivity index (χ3v) is 4.66. The van der Waals surface area contributed by atoms with E-state index in [1.165, 1.54) is 11.1 Å². The molecule has 0 bridgehead atoms. The van der Waals surface area contributed by atoms with Gasteiger partial charge < -0.3 is 10.1 Å². The van der Waals surface area contributed by atoms with Crippen molar-refractivity contribution >= 4 is 5.69 Å². The molecule has 0 aliphatic carbocycles. The molecule has 4 aromatic rings. The van der Waals surface area contributed by atoms with Crippen LogP contribution < -0.4 is 10.1 Å². The van der Waals surface area contributed by atoms with Crippen molar-refractivity contribution in [1.29, 1.82) is 0 Å². The maximum absolute atomic E-state index is 6.21. The summed E-state index contributed by atoms with van der Waals surface area (Å²) < 4.78 is 6.21. The molecule has 4 rings (SSSR count). The number of hydrogen-bond donors (Lipinski definition) is 1. The van der Waals surface area contributed by atoms with Crippen molar-refractivity contribution in [2.75, 3.05) is 5.32 Å². The van der Waals surface area contributed by atoms with E-state index >= 15 is 0 Å². The van der Waals surface area contributed by atoms with Crippen LogP contribution in [0.3, 0.4) is 0 Å². The Kier molecular flexibility index (Phi) is 5.69. The Morgan fingerprint density at radius 1 is 0.571 bits per heavy atom. The normalized spacial score (nSPS) is 10.4. The summed E-state index contributed by atoms with van der Waals surface area (Å²) in [7, 11) is 0. The van der Waals surface area contributed by atoms with Crippen molar-refractivity contribution in [2.24, 2.45) is 0 Å². The zero-order valence-corrected chi connectivity index (χ0v) is 15.7. The van der Waals surface area contributed by atoms with Gasteiger partial charge in [0.05, 0.1) is 5.69 Å². The van der Waals surface area contributed by atoms with E-state index in [1.807, 2.05) is 36.4 Å². The highest BCUT2D eigenvalue weighted by Gasteiger charge is 2.11. The summed E-state index contributed by atoms with van der Waals surface area (Å²) >= 11 is 0. The molecule has 0 saturated carbocycles. The molecular formula is C26H23NO. The predicted molar refractivity (Wildman–Crippen MR) is 116 cm³/mol. The lowest BCUT2D eigenvalue weighted by molar-refractivity contribution is 0.308. The van der Waals surface area contributed by atoms with E-state index in [0.717, 1.165) is 29.1 Å². The molecule has 0 aliphatic heterocycles. The molecule has 138 valence electrons. The molecule has 1 N–H and O–H groups in total. The monoisotopic (exact) mass is 365 g/mol. The maximum Gasteiger partial charge on any atom is 0.143 e. The summed E-state index contributed by atoms with van der Waals surface area (Å²) in [5.74, 6) is 0.862. The Hall–Kier alpha value is -3.52. The number of hydrogen-bond acceptors (Lipinski definition) is 2. The quantitative estimate of drug-likeness (QED) is 0.401. The van der Waals surface area contributed by atoms with Gasteiger partial charge in [-0.3, -0.25) is 0 Å². The molecule has 0 aromatic heterocycles. The van der Waals surface area contributed by atoms with E-state index in [4.69, 9.17) is 4.74 Å². The van der Waals surface area contributed by atoms with Crippen LogP contribution in [0.5, 0.6) is 5.75 Å². The van der Waals surface area contributed by atoms with Crippen molar-refractivity contribution in [1.82, 2.24) is 0 Å². The minimum absolute atomic E-state index is 0.541. The van der Waals surface area contributed by atoms with Gasteiger partial charge in [-0.1, -0.05) is 103 Å². The highest BCUT2D eigenvalue weighted by Crippen LogP contribution is 2.36. The summed E-state index contributed by atoms with van der Waals surface area (Å²) in [5, 5.41) is 3.61. The Morgan fingerprint density at radius 3 is 1.86 bits per heavy atom. The van der Waals surface area contributed by atoms with Crippen LogP contribution in [-0.4, -0.2) is 0 Å². The van der Waals surface area contributed by atoms with E-state index in [0.29, 0.717) is 6.61 Å². The smallest absolute Gasteiger partial charge is 0.143 e. The number of nitrogens with one attached hydrogen (secondary N) is 1. The number of rotatable bonds is 7. The van der Waals surface area contributed by atoms with Crippen LogP contribution in [0.2, 0.25) is 0 Å². The topological polar surface area (TPSA) is 21.3 Å². The zero-order valence-electron chi connectivity index (χ0n) is 15.7. The van der Waals surface area contributed by atoms with Gasteiger partial charge in [-0.05, 0) is 22.8 Å². The Morgan fingerprint density at radius 2 is 1.18 bits per heavy atom. The van der Waals surface area contributed by atoms with Crippen LogP contribution >= 0.6 is 0 Å². The Bertz CT molecular complexity index is 998. The van der Waals surface area contributed by atoms with E-state index in [1.54, 1.807) is 0 Å². The summed E-state index contributed by atoms with van der Waals surface area (Å²) in [5.41, 5.74) is 5.72. The summed E-state index contributed by atoms with van der Waals surface area (Å²) in [6.45, 7) is 1.28. The van der Waals surface area contributed by atoms with Gasteiger partial charge in [-0.15, -0.1) is 0 Å². The lowest BCUT2D eigenvalue weighted by Crippen LogP contribution is -2.05. The van der Waals surface area contributed by atoms with E-state index < -0.39 is 0 Å². The lowest BCUT2D eigenvalue weighted by atomic mass is 10.0. The molecule has 0 fully saturated rings. The summed E-state index contributed by atoms with van der Waals surface area (Å²) in [6, 6.07) is 37.3. The van der Waals surface area contributed by atoms with Crippen molar-refractivity contribution in [3.8, 4) is 16.9 Å². The Balaban J connectivity index is 1.64. The molecule has 4 aromatic carbocycles. The molecular weight excluding hydrogens is 342 g/mol. The van der Waals surface area contributed by atoms with E-state index in [2.05, 4.69) is 78.1 Å². The maximum atomic E-state index is 6.21. The lowest BCUT2D eigenvalue weighted by Gasteiger charge is -2.18. The van der Waals surface area contributed by atoms with Crippen LogP contribution in [-0.2, 0) is 13.2 Å². The molecule has 0 radical (unpaired) electrons. The zero-order chi connectivity index (χ0) is 19.0. The number of ether oxygens (including phenoxy) is 1. The van der Waals surface area contributed by atoms with Crippen LogP contribution in [0.25, 0.3) is 11.1 Å². The average molecular weight is 365 g/mol. The first-order valence-electron chi connectivity index (χ1n) is 9.53. The van der Waals surface area contributed by atoms with Gasteiger partial charge in [0.2, 0.25) is 0 Å². The van der Waals surface area contributed by atoms with Gasteiger partial charge in [0.1, 0.15) is 12.4 Å². The van der Waals surface area contributed by atoms with Crippen molar-refractivity contribution in [2.45, 2.75) is 13.2 Å². The molecule has 0 amide bonds. The number of benzene rings is 4. The first-order valence-corrected chi connectivity index (χ1v) is 9.53. The Labute approximate surface area is 166 Å². The molecule has 2 heteroatoms. The third-order valence-electron chi connectivity index (χ3n) is 4.66. The van der Waals surface area contributed by atoms with Crippen molar-refractivity contribution in [3.05, 3.63) is 120 Å². The fraction of sp³-hybridized carbons (Fsp3) is 0.0769. The van der Waals surface area contributed by atoms with Gasteiger partial charge in [0.15, 0.2) is 0 Å². The minimum atomic E-state index is 0.541. The van der Waals surface area contributed by atoms with Gasteiger partial charge in [-0.2, -0.15) is 0 Å². The average Bonchev–Trinajstić information content (AvgIpc) is 2.78. The molecule has 0 atom stereocenters. The summed E-state index contributed by atoms with van der Waals surface area (Å²) in [6.07, 6.45) is 0. The summed E-state index contributed by atoms with van der Waals surface area (Å²) in [4.78, 5) is 0. The minimum Gasteiger partial charge on any atom is -0.487 e. The highest BCUT2D eigenvalue weighted by atomic mass is 16.5. The molecule has 0 heterocycles. The predicted octanol–water partition coefficient (Wildman–Crippen LogP) is 6.54. The van der Waals surface area contributed by atoms with Crippen LogP contribution in [0.1, 0.15) is 11.1 Å². The molecule has 2 nitrogen and oxygen atoms in total. The second-order valence-corrected chi connectivity index (χ2v) is 6.66. The molecule has 0 unspecified atom stereocenters. The third kappa shape index (κ3) is 4.41. The molecule has 28 heavy (non-hydrogen) atoms. The first-order chi connectivity index (χ1) is 13.9. The highest BCUT2D eigenvalue weighted by molar-refractivity contribution is 5.82. The van der Waals surface area contributed by atoms with Gasteiger partial charge in [-0.25, -0.2) is 0 Å². The second kappa shape index (κ2) is 8.92. The SMILES string of the molecule is c1ccc(CNc2c(OCc3ccccc3)cccc2-c2ccccc2)cc1. The largest absolute Gasteiger partial charge is 0.487 e. The van der Waals surface area contributed by atoms with Gasteiger partial charge >= 0.3 is 0 Å². The van der Waals surface area contributed by atoms with Gasteiger partial charge in [0, 0.05) is 12.1 Å². The molecule has 0 spiro atoms. The number of anilines is 1. The van der Waals surface area contributed by atoms with Crippen LogP contribution in [0.15, 0.2) is 109 Å². The van der Waals surface area contributed by atoms with E-state index in [9.17, 15) is 0 Å². The van der Waals surface area contributed by atoms with Crippen LogP contribution in [0.4, 0.5) is 5.69 Å². The fourth-order valence-corrected chi connectivity index (χ4v) is 3.21.